The first-order chi connectivity index (χ1) is 9.54. The number of esters is 1. The predicted molar refractivity (Wildman–Crippen MR) is 70.1 cm³/mol. The third-order valence-corrected chi connectivity index (χ3v) is 3.01. The Morgan fingerprint density at radius 3 is 2.70 bits per heavy atom. The Labute approximate surface area is 115 Å². The molecule has 0 saturated heterocycles. The van der Waals surface area contributed by atoms with Crippen LogP contribution in [0, 0.1) is 5.95 Å². The average molecular weight is 278 g/mol. The number of hydrogen-bond acceptors (Lipinski definition) is 4. The first-order valence-corrected chi connectivity index (χ1v) is 6.23. The molecule has 106 valence electrons. The minimum atomic E-state index is -0.853. The fraction of sp³-hybridized carbons (Fsp3) is 0.286. The second-order valence-corrected chi connectivity index (χ2v) is 4.28. The van der Waals surface area contributed by atoms with Crippen molar-refractivity contribution in [2.24, 2.45) is 0 Å². The standard InChI is InChI=1S/C14H15FN2O3/c1-3-20-14(19)12-13(15)16-8-17(12)9(2)10-4-6-11(18)7-5-10/h4-9,18H,3H2,1-2H3. The highest BCUT2D eigenvalue weighted by molar-refractivity contribution is 5.87. The van der Waals surface area contributed by atoms with Crippen molar-refractivity contribution in [3.05, 3.63) is 47.8 Å². The second-order valence-electron chi connectivity index (χ2n) is 4.28. The monoisotopic (exact) mass is 278 g/mol. The molecule has 1 heterocycles. The molecule has 0 bridgehead atoms. The molecule has 0 saturated carbocycles. The number of carbonyl (C=O) groups excluding carboxylic acids is 1. The van der Waals surface area contributed by atoms with E-state index in [1.165, 1.54) is 23.0 Å². The maximum atomic E-state index is 13.7. The van der Waals surface area contributed by atoms with Crippen LogP contribution in [-0.4, -0.2) is 27.2 Å². The molecule has 1 aromatic carbocycles. The van der Waals surface area contributed by atoms with Crippen molar-refractivity contribution in [1.29, 1.82) is 0 Å². The molecule has 2 aromatic rings. The first kappa shape index (κ1) is 14.0. The fourth-order valence-electron chi connectivity index (χ4n) is 1.93. The van der Waals surface area contributed by atoms with Gasteiger partial charge in [0.25, 0.3) is 0 Å². The summed E-state index contributed by atoms with van der Waals surface area (Å²) in [4.78, 5) is 15.3. The van der Waals surface area contributed by atoms with E-state index in [1.807, 2.05) is 0 Å². The van der Waals surface area contributed by atoms with E-state index >= 15 is 0 Å². The van der Waals surface area contributed by atoms with Gasteiger partial charge in [0, 0.05) is 0 Å². The van der Waals surface area contributed by atoms with Crippen molar-refractivity contribution in [1.82, 2.24) is 9.55 Å². The van der Waals surface area contributed by atoms with Gasteiger partial charge in [-0.25, -0.2) is 9.78 Å². The highest BCUT2D eigenvalue weighted by Gasteiger charge is 2.23. The van der Waals surface area contributed by atoms with Crippen LogP contribution < -0.4 is 0 Å². The summed E-state index contributed by atoms with van der Waals surface area (Å²) in [6.07, 6.45) is 1.26. The van der Waals surface area contributed by atoms with Crippen molar-refractivity contribution < 1.29 is 19.0 Å². The number of nitrogens with zero attached hydrogens (tertiary/aromatic N) is 2. The van der Waals surface area contributed by atoms with Gasteiger partial charge in [-0.15, -0.1) is 0 Å². The molecule has 1 unspecified atom stereocenters. The van der Waals surface area contributed by atoms with Gasteiger partial charge in [0.15, 0.2) is 5.69 Å². The van der Waals surface area contributed by atoms with Crippen LogP contribution >= 0.6 is 0 Å². The van der Waals surface area contributed by atoms with Gasteiger partial charge in [-0.2, -0.15) is 4.39 Å². The zero-order chi connectivity index (χ0) is 14.7. The lowest BCUT2D eigenvalue weighted by molar-refractivity contribution is 0.0506. The first-order valence-electron chi connectivity index (χ1n) is 6.23. The molecule has 0 aliphatic carbocycles. The number of rotatable bonds is 4. The van der Waals surface area contributed by atoms with E-state index < -0.39 is 11.9 Å². The van der Waals surface area contributed by atoms with Crippen LogP contribution in [0.4, 0.5) is 4.39 Å². The third-order valence-electron chi connectivity index (χ3n) is 3.01. The molecule has 5 nitrogen and oxygen atoms in total. The lowest BCUT2D eigenvalue weighted by atomic mass is 10.1. The molecular formula is C14H15FN2O3. The highest BCUT2D eigenvalue weighted by atomic mass is 19.1. The van der Waals surface area contributed by atoms with Gasteiger partial charge in [0.2, 0.25) is 5.95 Å². The number of phenolic OH excluding ortho intramolecular Hbond substituents is 1. The van der Waals surface area contributed by atoms with Gasteiger partial charge in [-0.05, 0) is 31.5 Å². The summed E-state index contributed by atoms with van der Waals surface area (Å²) in [5.41, 5.74) is 0.609. The van der Waals surface area contributed by atoms with Crippen molar-refractivity contribution >= 4 is 5.97 Å². The van der Waals surface area contributed by atoms with Gasteiger partial charge >= 0.3 is 5.97 Å². The zero-order valence-corrected chi connectivity index (χ0v) is 11.2. The van der Waals surface area contributed by atoms with Crippen LogP contribution in [0.1, 0.15) is 35.9 Å². The van der Waals surface area contributed by atoms with Gasteiger partial charge in [0.05, 0.1) is 19.0 Å². The predicted octanol–water partition coefficient (Wildman–Crippen LogP) is 2.51. The van der Waals surface area contributed by atoms with Crippen molar-refractivity contribution in [2.45, 2.75) is 19.9 Å². The Balaban J connectivity index is 2.37. The van der Waals surface area contributed by atoms with Gasteiger partial charge in [-0.3, -0.25) is 0 Å². The minimum absolute atomic E-state index is 0.142. The lowest BCUT2D eigenvalue weighted by Crippen LogP contribution is -2.16. The van der Waals surface area contributed by atoms with E-state index in [1.54, 1.807) is 26.0 Å². The number of hydrogen-bond donors (Lipinski definition) is 1. The Hall–Kier alpha value is -2.37. The van der Waals surface area contributed by atoms with E-state index in [4.69, 9.17) is 4.74 Å². The summed E-state index contributed by atoms with van der Waals surface area (Å²) in [6, 6.07) is 6.15. The third kappa shape index (κ3) is 2.64. The summed E-state index contributed by atoms with van der Waals surface area (Å²) in [7, 11) is 0. The Morgan fingerprint density at radius 2 is 2.10 bits per heavy atom. The van der Waals surface area contributed by atoms with Crippen LogP contribution in [0.5, 0.6) is 5.75 Å². The number of phenols is 1. The zero-order valence-electron chi connectivity index (χ0n) is 11.2. The Kier molecular flexibility index (Phi) is 4.02. The summed E-state index contributed by atoms with van der Waals surface area (Å²) >= 11 is 0. The summed E-state index contributed by atoms with van der Waals surface area (Å²) in [6.45, 7) is 3.62. The molecule has 0 fully saturated rings. The number of benzene rings is 1. The molecule has 6 heteroatoms. The molecule has 2 rings (SSSR count). The maximum absolute atomic E-state index is 13.7. The summed E-state index contributed by atoms with van der Waals surface area (Å²) in [5, 5.41) is 9.27. The van der Waals surface area contributed by atoms with E-state index in [0.717, 1.165) is 5.56 Å². The molecule has 0 radical (unpaired) electrons. The van der Waals surface area contributed by atoms with E-state index in [-0.39, 0.29) is 24.1 Å². The second kappa shape index (κ2) is 5.73. The molecule has 0 aliphatic rings. The quantitative estimate of drug-likeness (QED) is 0.873. The molecule has 1 N–H and O–H groups in total. The number of ether oxygens (including phenoxy) is 1. The van der Waals surface area contributed by atoms with E-state index in [2.05, 4.69) is 4.98 Å². The molecule has 20 heavy (non-hydrogen) atoms. The van der Waals surface area contributed by atoms with Crippen LogP contribution in [0.15, 0.2) is 30.6 Å². The topological polar surface area (TPSA) is 64.3 Å². The number of aromatic nitrogens is 2. The smallest absolute Gasteiger partial charge is 0.359 e. The van der Waals surface area contributed by atoms with E-state index in [0.29, 0.717) is 0 Å². The van der Waals surface area contributed by atoms with Crippen LogP contribution in [0.25, 0.3) is 0 Å². The van der Waals surface area contributed by atoms with Crippen molar-refractivity contribution in [3.63, 3.8) is 0 Å². The summed E-state index contributed by atoms with van der Waals surface area (Å²) < 4.78 is 19.9. The number of carbonyl (C=O) groups is 1. The maximum Gasteiger partial charge on any atom is 0.359 e. The molecule has 0 spiro atoms. The molecule has 1 aromatic heterocycles. The number of imidazole rings is 1. The normalized spacial score (nSPS) is 12.2. The summed E-state index contributed by atoms with van der Waals surface area (Å²) in [5.74, 6) is -1.45. The number of halogens is 1. The van der Waals surface area contributed by atoms with Crippen LogP contribution in [0.3, 0.4) is 0 Å². The van der Waals surface area contributed by atoms with Gasteiger partial charge in [0.1, 0.15) is 5.75 Å². The lowest BCUT2D eigenvalue weighted by Gasteiger charge is -2.16. The SMILES string of the molecule is CCOC(=O)c1c(F)ncn1C(C)c1ccc(O)cc1. The molecule has 1 atom stereocenters. The van der Waals surface area contributed by atoms with Crippen molar-refractivity contribution in [3.8, 4) is 5.75 Å². The van der Waals surface area contributed by atoms with Gasteiger partial charge < -0.3 is 14.4 Å². The minimum Gasteiger partial charge on any atom is -0.508 e. The molecule has 0 aliphatic heterocycles. The van der Waals surface area contributed by atoms with Crippen LogP contribution in [0.2, 0.25) is 0 Å². The average Bonchev–Trinajstić information content (AvgIpc) is 2.81. The highest BCUT2D eigenvalue weighted by Crippen LogP contribution is 2.23. The molecule has 0 amide bonds. The number of aromatic hydroxyl groups is 1. The fourth-order valence-corrected chi connectivity index (χ4v) is 1.93. The molecular weight excluding hydrogens is 263 g/mol. The Morgan fingerprint density at radius 1 is 1.45 bits per heavy atom. The van der Waals surface area contributed by atoms with Crippen molar-refractivity contribution in [2.75, 3.05) is 6.61 Å². The van der Waals surface area contributed by atoms with Gasteiger partial charge in [-0.1, -0.05) is 12.1 Å². The van der Waals surface area contributed by atoms with E-state index in [9.17, 15) is 14.3 Å². The van der Waals surface area contributed by atoms with Crippen LogP contribution in [-0.2, 0) is 4.74 Å². The largest absolute Gasteiger partial charge is 0.508 e. The Bertz CT molecular complexity index is 607.